The average Bonchev–Trinajstić information content (AvgIpc) is 3.38. The van der Waals surface area contributed by atoms with Crippen LogP contribution in [0.25, 0.3) is 58.9 Å². The molecule has 0 saturated heterocycles. The number of benzene rings is 4. The van der Waals surface area contributed by atoms with Crippen molar-refractivity contribution in [3.05, 3.63) is 104 Å². The molecule has 0 spiro atoms. The molecule has 4 aromatic carbocycles. The lowest BCUT2D eigenvalue weighted by molar-refractivity contribution is 1.18. The predicted octanol–water partition coefficient (Wildman–Crippen LogP) is 7.61. The lowest BCUT2D eigenvalue weighted by Gasteiger charge is -2.09. The van der Waals surface area contributed by atoms with Crippen molar-refractivity contribution in [3.63, 3.8) is 0 Å². The van der Waals surface area contributed by atoms with Gasteiger partial charge in [-0.1, -0.05) is 60.7 Å². The van der Waals surface area contributed by atoms with Gasteiger partial charge in [0.15, 0.2) is 0 Å². The molecule has 0 bridgehead atoms. The molecule has 3 nitrogen and oxygen atoms in total. The molecule has 0 aliphatic heterocycles. The molecular formula is C28H17N3S. The van der Waals surface area contributed by atoms with Crippen molar-refractivity contribution in [1.82, 2.24) is 14.5 Å². The number of para-hydroxylation sites is 1. The second-order valence-electron chi connectivity index (χ2n) is 7.97. The maximum absolute atomic E-state index is 4.48. The van der Waals surface area contributed by atoms with Gasteiger partial charge < -0.3 is 4.57 Å². The normalized spacial score (nSPS) is 11.8. The van der Waals surface area contributed by atoms with E-state index in [0.717, 1.165) is 15.9 Å². The molecule has 0 radical (unpaired) electrons. The Bertz CT molecular complexity index is 1760. The lowest BCUT2D eigenvalue weighted by atomic mass is 10.1. The van der Waals surface area contributed by atoms with Crippen LogP contribution < -0.4 is 0 Å². The Morgan fingerprint density at radius 1 is 0.625 bits per heavy atom. The molecule has 0 saturated carbocycles. The highest BCUT2D eigenvalue weighted by Gasteiger charge is 2.15. The van der Waals surface area contributed by atoms with Crippen molar-refractivity contribution < 1.29 is 0 Å². The molecular weight excluding hydrogens is 410 g/mol. The third-order valence-electron chi connectivity index (χ3n) is 6.18. The van der Waals surface area contributed by atoms with E-state index in [4.69, 9.17) is 0 Å². The summed E-state index contributed by atoms with van der Waals surface area (Å²) in [6.45, 7) is 0. The number of rotatable bonds is 2. The Kier molecular flexibility index (Phi) is 3.72. The maximum atomic E-state index is 4.48. The Morgan fingerprint density at radius 2 is 1.41 bits per heavy atom. The molecule has 0 atom stereocenters. The van der Waals surface area contributed by atoms with Gasteiger partial charge in [0.05, 0.1) is 11.0 Å². The summed E-state index contributed by atoms with van der Waals surface area (Å²) in [5.41, 5.74) is 6.05. The van der Waals surface area contributed by atoms with E-state index in [0.29, 0.717) is 0 Å². The highest BCUT2D eigenvalue weighted by Crippen LogP contribution is 2.39. The first-order valence-corrected chi connectivity index (χ1v) is 11.4. The minimum Gasteiger partial charge on any atom is -0.309 e. The van der Waals surface area contributed by atoms with Gasteiger partial charge in [0.2, 0.25) is 0 Å². The van der Waals surface area contributed by atoms with E-state index in [-0.39, 0.29) is 0 Å². The Morgan fingerprint density at radius 3 is 2.28 bits per heavy atom. The van der Waals surface area contributed by atoms with Gasteiger partial charge in [0.1, 0.15) is 11.2 Å². The molecule has 150 valence electrons. The van der Waals surface area contributed by atoms with Crippen LogP contribution in [0.3, 0.4) is 0 Å². The van der Waals surface area contributed by atoms with Crippen LogP contribution in [0.4, 0.5) is 0 Å². The lowest BCUT2D eigenvalue weighted by Crippen LogP contribution is -1.93. The van der Waals surface area contributed by atoms with Crippen LogP contribution in [0.2, 0.25) is 0 Å². The molecule has 0 unspecified atom stereocenters. The van der Waals surface area contributed by atoms with E-state index in [9.17, 15) is 0 Å². The summed E-state index contributed by atoms with van der Waals surface area (Å²) in [5.74, 6) is 0. The maximum Gasteiger partial charge on any atom is 0.127 e. The predicted molar refractivity (Wildman–Crippen MR) is 135 cm³/mol. The summed E-state index contributed by atoms with van der Waals surface area (Å²) < 4.78 is 3.60. The van der Waals surface area contributed by atoms with Gasteiger partial charge in [-0.15, -0.1) is 11.3 Å². The molecule has 0 N–H and O–H groups in total. The summed E-state index contributed by atoms with van der Waals surface area (Å²) in [6, 6.07) is 32.6. The van der Waals surface area contributed by atoms with Crippen molar-refractivity contribution in [2.75, 3.05) is 0 Å². The zero-order valence-corrected chi connectivity index (χ0v) is 17.9. The smallest absolute Gasteiger partial charge is 0.127 e. The standard InChI is InChI=1S/C28H17N3S/c1-2-6-18(7-3-1)19-10-12-20(13-11-19)31-25-9-5-4-8-21(25)22-14-23-24-16-29-17-30-28(24)32-27(23)15-26(22)31/h1-17H. The van der Waals surface area contributed by atoms with Crippen LogP contribution in [0.15, 0.2) is 104 Å². The van der Waals surface area contributed by atoms with Crippen LogP contribution >= 0.6 is 11.3 Å². The minimum atomic E-state index is 1.03. The molecule has 32 heavy (non-hydrogen) atoms. The van der Waals surface area contributed by atoms with Crippen molar-refractivity contribution in [2.24, 2.45) is 0 Å². The molecule has 7 rings (SSSR count). The third kappa shape index (κ3) is 2.53. The second-order valence-corrected chi connectivity index (χ2v) is 9.01. The molecule has 0 fully saturated rings. The van der Waals surface area contributed by atoms with Crippen molar-refractivity contribution in [2.45, 2.75) is 0 Å². The highest BCUT2D eigenvalue weighted by atomic mass is 32.1. The fourth-order valence-corrected chi connectivity index (χ4v) is 5.72. The van der Waals surface area contributed by atoms with Crippen LogP contribution in [-0.2, 0) is 0 Å². The fraction of sp³-hybridized carbons (Fsp3) is 0. The van der Waals surface area contributed by atoms with Gasteiger partial charge in [-0.05, 0) is 41.5 Å². The first kappa shape index (κ1) is 17.6. The summed E-state index contributed by atoms with van der Waals surface area (Å²) in [7, 11) is 0. The largest absolute Gasteiger partial charge is 0.309 e. The van der Waals surface area contributed by atoms with Crippen LogP contribution in [0, 0.1) is 0 Å². The van der Waals surface area contributed by atoms with E-state index in [1.165, 1.54) is 43.0 Å². The zero-order chi connectivity index (χ0) is 21.1. The Labute approximate surface area is 188 Å². The van der Waals surface area contributed by atoms with E-state index >= 15 is 0 Å². The average molecular weight is 428 g/mol. The van der Waals surface area contributed by atoms with Gasteiger partial charge in [-0.25, -0.2) is 9.97 Å². The third-order valence-corrected chi connectivity index (χ3v) is 7.26. The second kappa shape index (κ2) is 6.74. The number of thiophene rings is 1. The molecule has 4 heteroatoms. The molecule has 3 heterocycles. The summed E-state index contributed by atoms with van der Waals surface area (Å²) in [4.78, 5) is 9.76. The number of hydrogen-bond donors (Lipinski definition) is 0. The van der Waals surface area contributed by atoms with Crippen molar-refractivity contribution in [1.29, 1.82) is 0 Å². The first-order chi connectivity index (χ1) is 15.9. The number of aromatic nitrogens is 3. The Balaban J connectivity index is 1.51. The van der Waals surface area contributed by atoms with E-state index < -0.39 is 0 Å². The van der Waals surface area contributed by atoms with Crippen LogP contribution in [0.5, 0.6) is 0 Å². The van der Waals surface area contributed by atoms with Gasteiger partial charge in [-0.3, -0.25) is 0 Å². The number of nitrogens with zero attached hydrogens (tertiary/aromatic N) is 3. The quantitative estimate of drug-likeness (QED) is 0.284. The highest BCUT2D eigenvalue weighted by molar-refractivity contribution is 7.25. The van der Waals surface area contributed by atoms with E-state index in [1.807, 2.05) is 6.20 Å². The SMILES string of the molecule is c1ccc(-c2ccc(-n3c4ccccc4c4cc5c(cc43)sc3ncncc35)cc2)cc1. The first-order valence-electron chi connectivity index (χ1n) is 10.6. The van der Waals surface area contributed by atoms with Gasteiger partial charge in [0, 0.05) is 38.1 Å². The monoisotopic (exact) mass is 427 g/mol. The molecule has 0 aliphatic carbocycles. The molecule has 7 aromatic rings. The number of hydrogen-bond acceptors (Lipinski definition) is 3. The van der Waals surface area contributed by atoms with Gasteiger partial charge in [-0.2, -0.15) is 0 Å². The zero-order valence-electron chi connectivity index (χ0n) is 17.1. The fourth-order valence-electron chi connectivity index (χ4n) is 4.69. The van der Waals surface area contributed by atoms with Gasteiger partial charge in [0.25, 0.3) is 0 Å². The molecule has 0 amide bonds. The van der Waals surface area contributed by atoms with Gasteiger partial charge >= 0.3 is 0 Å². The Hall–Kier alpha value is -4.02. The van der Waals surface area contributed by atoms with Crippen LogP contribution in [-0.4, -0.2) is 14.5 Å². The molecule has 3 aromatic heterocycles. The summed E-state index contributed by atoms with van der Waals surface area (Å²) >= 11 is 1.73. The van der Waals surface area contributed by atoms with E-state index in [1.54, 1.807) is 17.7 Å². The summed E-state index contributed by atoms with van der Waals surface area (Å²) in [6.07, 6.45) is 3.55. The summed E-state index contributed by atoms with van der Waals surface area (Å²) in [5, 5.41) is 4.86. The molecule has 0 aliphatic rings. The van der Waals surface area contributed by atoms with Crippen molar-refractivity contribution in [3.8, 4) is 16.8 Å². The number of fused-ring (bicyclic) bond motifs is 6. The van der Waals surface area contributed by atoms with E-state index in [2.05, 4.69) is 106 Å². The van der Waals surface area contributed by atoms with Crippen LogP contribution in [0.1, 0.15) is 0 Å². The minimum absolute atomic E-state index is 1.03. The van der Waals surface area contributed by atoms with Crippen molar-refractivity contribution >= 4 is 53.4 Å². The topological polar surface area (TPSA) is 30.7 Å².